The van der Waals surface area contributed by atoms with Crippen molar-refractivity contribution in [3.05, 3.63) is 96.4 Å². The molecule has 0 atom stereocenters. The van der Waals surface area contributed by atoms with Crippen LogP contribution in [-0.4, -0.2) is 21.9 Å². The summed E-state index contributed by atoms with van der Waals surface area (Å²) in [4.78, 5) is 23.8. The second-order valence-electron chi connectivity index (χ2n) is 7.44. The van der Waals surface area contributed by atoms with Crippen LogP contribution >= 0.6 is 0 Å². The predicted octanol–water partition coefficient (Wildman–Crippen LogP) is 5.30. The lowest BCUT2D eigenvalue weighted by Crippen LogP contribution is -2.30. The monoisotopic (exact) mass is 396 g/mol. The second-order valence-corrected chi connectivity index (χ2v) is 7.44. The summed E-state index contributed by atoms with van der Waals surface area (Å²) < 4.78 is 0. The van der Waals surface area contributed by atoms with Crippen molar-refractivity contribution in [2.24, 2.45) is 0 Å². The van der Waals surface area contributed by atoms with Crippen molar-refractivity contribution in [1.82, 2.24) is 9.97 Å². The molecule has 1 N–H and O–H groups in total. The number of pyridine rings is 2. The summed E-state index contributed by atoms with van der Waals surface area (Å²) in [6, 6.07) is 23.9. The molecule has 0 saturated heterocycles. The number of fused-ring (bicyclic) bond motifs is 1. The number of rotatable bonds is 6. The summed E-state index contributed by atoms with van der Waals surface area (Å²) in [7, 11) is 0. The molecule has 0 bridgehead atoms. The van der Waals surface area contributed by atoms with Gasteiger partial charge in [0.15, 0.2) is 0 Å². The van der Waals surface area contributed by atoms with Crippen LogP contribution in [0.15, 0.2) is 85.2 Å². The Labute approximate surface area is 176 Å². The summed E-state index contributed by atoms with van der Waals surface area (Å²) in [6.45, 7) is 5.08. The molecular weight excluding hydrogens is 372 g/mol. The van der Waals surface area contributed by atoms with E-state index in [-0.39, 0.29) is 5.91 Å². The number of carbonyl (C=O) groups excluding carboxylic acids is 1. The highest BCUT2D eigenvalue weighted by Crippen LogP contribution is 2.22. The SMILES string of the molecule is CC(C)N(Cc1ccccc1)c1ccc(C(=O)Nc2cccc3cccnc23)nc1. The summed E-state index contributed by atoms with van der Waals surface area (Å²) >= 11 is 0. The molecule has 150 valence electrons. The number of nitrogens with zero attached hydrogens (tertiary/aromatic N) is 3. The third-order valence-electron chi connectivity index (χ3n) is 5.01. The van der Waals surface area contributed by atoms with E-state index in [0.29, 0.717) is 17.4 Å². The average Bonchev–Trinajstić information content (AvgIpc) is 2.78. The maximum absolute atomic E-state index is 12.7. The molecule has 0 radical (unpaired) electrons. The van der Waals surface area contributed by atoms with E-state index in [1.54, 1.807) is 18.5 Å². The summed E-state index contributed by atoms with van der Waals surface area (Å²) in [5.74, 6) is -0.251. The minimum absolute atomic E-state index is 0.251. The first-order chi connectivity index (χ1) is 14.6. The van der Waals surface area contributed by atoms with Gasteiger partial charge in [0.1, 0.15) is 5.69 Å². The highest BCUT2D eigenvalue weighted by molar-refractivity contribution is 6.07. The van der Waals surface area contributed by atoms with Crippen LogP contribution in [0.25, 0.3) is 10.9 Å². The molecule has 5 heteroatoms. The minimum Gasteiger partial charge on any atom is -0.364 e. The summed E-state index contributed by atoms with van der Waals surface area (Å²) in [5.41, 5.74) is 4.03. The lowest BCUT2D eigenvalue weighted by Gasteiger charge is -2.29. The van der Waals surface area contributed by atoms with Gasteiger partial charge in [-0.15, -0.1) is 0 Å². The molecule has 0 aliphatic rings. The average molecular weight is 396 g/mol. The highest BCUT2D eigenvalue weighted by Gasteiger charge is 2.14. The molecule has 0 aliphatic carbocycles. The van der Waals surface area contributed by atoms with Crippen molar-refractivity contribution in [2.45, 2.75) is 26.4 Å². The fraction of sp³-hybridized carbons (Fsp3) is 0.160. The van der Waals surface area contributed by atoms with E-state index in [2.05, 4.69) is 46.2 Å². The molecule has 4 aromatic rings. The van der Waals surface area contributed by atoms with Gasteiger partial charge in [0.05, 0.1) is 23.1 Å². The van der Waals surface area contributed by atoms with Crippen molar-refractivity contribution in [3.63, 3.8) is 0 Å². The molecule has 1 amide bonds. The van der Waals surface area contributed by atoms with E-state index in [0.717, 1.165) is 23.1 Å². The molecule has 0 saturated carbocycles. The van der Waals surface area contributed by atoms with Gasteiger partial charge in [-0.25, -0.2) is 4.98 Å². The standard InChI is InChI=1S/C25H24N4O/c1-18(2)29(17-19-8-4-3-5-9-19)21-13-14-23(27-16-21)25(30)28-22-12-6-10-20-11-7-15-26-24(20)22/h3-16,18H,17H2,1-2H3,(H,28,30). The van der Waals surface area contributed by atoms with E-state index < -0.39 is 0 Å². The number of carbonyl (C=O) groups is 1. The Morgan fingerprint density at radius 3 is 2.47 bits per heavy atom. The summed E-state index contributed by atoms with van der Waals surface area (Å²) in [5, 5.41) is 3.91. The smallest absolute Gasteiger partial charge is 0.274 e. The third-order valence-corrected chi connectivity index (χ3v) is 5.01. The number of benzene rings is 2. The topological polar surface area (TPSA) is 58.1 Å². The zero-order valence-electron chi connectivity index (χ0n) is 17.1. The van der Waals surface area contributed by atoms with Crippen LogP contribution in [-0.2, 0) is 6.54 Å². The molecule has 0 spiro atoms. The van der Waals surface area contributed by atoms with Crippen LogP contribution in [0.5, 0.6) is 0 Å². The largest absolute Gasteiger partial charge is 0.364 e. The number of aromatic nitrogens is 2. The third kappa shape index (κ3) is 4.30. The van der Waals surface area contributed by atoms with Crippen molar-refractivity contribution in [1.29, 1.82) is 0 Å². The van der Waals surface area contributed by atoms with Gasteiger partial charge < -0.3 is 10.2 Å². The van der Waals surface area contributed by atoms with Gasteiger partial charge in [0, 0.05) is 24.2 Å². The van der Waals surface area contributed by atoms with E-state index in [9.17, 15) is 4.79 Å². The maximum Gasteiger partial charge on any atom is 0.274 e. The Kier molecular flexibility index (Phi) is 5.70. The molecule has 5 nitrogen and oxygen atoms in total. The number of nitrogens with one attached hydrogen (secondary N) is 1. The van der Waals surface area contributed by atoms with Crippen LogP contribution < -0.4 is 10.2 Å². The quantitative estimate of drug-likeness (QED) is 0.481. The second kappa shape index (κ2) is 8.74. The molecule has 4 rings (SSSR count). The van der Waals surface area contributed by atoms with Gasteiger partial charge in [-0.3, -0.25) is 9.78 Å². The number of hydrogen-bond donors (Lipinski definition) is 1. The normalized spacial score (nSPS) is 10.9. The zero-order valence-corrected chi connectivity index (χ0v) is 17.1. The Morgan fingerprint density at radius 1 is 0.933 bits per heavy atom. The van der Waals surface area contributed by atoms with Crippen LogP contribution in [0.3, 0.4) is 0 Å². The Bertz CT molecular complexity index is 1140. The molecule has 2 heterocycles. The van der Waals surface area contributed by atoms with Gasteiger partial charge in [-0.1, -0.05) is 48.5 Å². The first-order valence-corrected chi connectivity index (χ1v) is 10.0. The molecule has 2 aromatic heterocycles. The molecule has 2 aromatic carbocycles. The van der Waals surface area contributed by atoms with Gasteiger partial charge in [0.25, 0.3) is 5.91 Å². The Hall–Kier alpha value is -3.73. The summed E-state index contributed by atoms with van der Waals surface area (Å²) in [6.07, 6.45) is 3.48. The minimum atomic E-state index is -0.251. The van der Waals surface area contributed by atoms with Crippen molar-refractivity contribution in [3.8, 4) is 0 Å². The van der Waals surface area contributed by atoms with Crippen LogP contribution in [0.1, 0.15) is 29.9 Å². The Balaban J connectivity index is 1.52. The van der Waals surface area contributed by atoms with E-state index in [1.165, 1.54) is 5.56 Å². The fourth-order valence-electron chi connectivity index (χ4n) is 3.43. The highest BCUT2D eigenvalue weighted by atomic mass is 16.1. The van der Waals surface area contributed by atoms with Crippen LogP contribution in [0, 0.1) is 0 Å². The van der Waals surface area contributed by atoms with Crippen molar-refractivity contribution < 1.29 is 4.79 Å². The van der Waals surface area contributed by atoms with Gasteiger partial charge in [-0.2, -0.15) is 0 Å². The van der Waals surface area contributed by atoms with E-state index >= 15 is 0 Å². The molecule has 0 aliphatic heterocycles. The molecule has 0 unspecified atom stereocenters. The number of amides is 1. The number of anilines is 2. The van der Waals surface area contributed by atoms with E-state index in [4.69, 9.17) is 0 Å². The van der Waals surface area contributed by atoms with Crippen LogP contribution in [0.2, 0.25) is 0 Å². The first kappa shape index (κ1) is 19.6. The maximum atomic E-state index is 12.7. The molecule has 0 fully saturated rings. The van der Waals surface area contributed by atoms with Gasteiger partial charge in [-0.05, 0) is 43.7 Å². The van der Waals surface area contributed by atoms with Gasteiger partial charge >= 0.3 is 0 Å². The zero-order chi connectivity index (χ0) is 20.9. The molecular formula is C25H24N4O. The van der Waals surface area contributed by atoms with Crippen LogP contribution in [0.4, 0.5) is 11.4 Å². The van der Waals surface area contributed by atoms with Gasteiger partial charge in [0.2, 0.25) is 0 Å². The predicted molar refractivity (Wildman–Crippen MR) is 122 cm³/mol. The number of hydrogen-bond acceptors (Lipinski definition) is 4. The fourth-order valence-corrected chi connectivity index (χ4v) is 3.43. The van der Waals surface area contributed by atoms with Crippen molar-refractivity contribution >= 4 is 28.2 Å². The lowest BCUT2D eigenvalue weighted by molar-refractivity contribution is 0.102. The van der Waals surface area contributed by atoms with Crippen molar-refractivity contribution in [2.75, 3.05) is 10.2 Å². The lowest BCUT2D eigenvalue weighted by atomic mass is 10.1. The first-order valence-electron chi connectivity index (χ1n) is 10.0. The molecule has 30 heavy (non-hydrogen) atoms. The van der Waals surface area contributed by atoms with E-state index in [1.807, 2.05) is 54.6 Å². The Morgan fingerprint density at radius 2 is 1.73 bits per heavy atom. The number of para-hydroxylation sites is 1.